The predicted molar refractivity (Wildman–Crippen MR) is 109 cm³/mol. The van der Waals surface area contributed by atoms with Crippen LogP contribution in [0.15, 0.2) is 6.07 Å². The van der Waals surface area contributed by atoms with Crippen molar-refractivity contribution in [3.05, 3.63) is 28.3 Å². The van der Waals surface area contributed by atoms with Gasteiger partial charge < -0.3 is 10.6 Å². The standard InChI is InChI=1S/C20H27N5O2S/c1-11-9-13(24-19(22-11)20(3,4)5)17-12(2)23-15(28-17)10-16(26)25-8-6-7-14(25)18(21)27/h9,14H,6-8,10H2,1-5H3,(H2,21,27)/t14-/m0/s1. The van der Waals surface area contributed by atoms with E-state index in [1.165, 1.54) is 11.3 Å². The number of amides is 2. The number of aryl methyl sites for hydroxylation is 2. The number of rotatable bonds is 4. The van der Waals surface area contributed by atoms with E-state index in [9.17, 15) is 9.59 Å². The van der Waals surface area contributed by atoms with Crippen molar-refractivity contribution in [3.8, 4) is 10.6 Å². The van der Waals surface area contributed by atoms with E-state index in [1.807, 2.05) is 19.9 Å². The zero-order valence-corrected chi connectivity index (χ0v) is 17.9. The number of nitrogens with zero attached hydrogens (tertiary/aromatic N) is 4. The van der Waals surface area contributed by atoms with E-state index < -0.39 is 11.9 Å². The molecule has 0 bridgehead atoms. The van der Waals surface area contributed by atoms with Gasteiger partial charge in [0.1, 0.15) is 16.9 Å². The summed E-state index contributed by atoms with van der Waals surface area (Å²) in [5.41, 5.74) is 7.86. The first-order chi connectivity index (χ1) is 13.1. The van der Waals surface area contributed by atoms with E-state index >= 15 is 0 Å². The highest BCUT2D eigenvalue weighted by Gasteiger charge is 2.33. The first-order valence-corrected chi connectivity index (χ1v) is 10.3. The fourth-order valence-corrected chi connectivity index (χ4v) is 4.39. The van der Waals surface area contributed by atoms with E-state index in [0.717, 1.165) is 39.2 Å². The maximum Gasteiger partial charge on any atom is 0.240 e. The maximum atomic E-state index is 12.7. The first-order valence-electron chi connectivity index (χ1n) is 9.48. The molecule has 0 aromatic carbocycles. The number of nitrogens with two attached hydrogens (primary N) is 1. The summed E-state index contributed by atoms with van der Waals surface area (Å²) in [5, 5.41) is 0.723. The Morgan fingerprint density at radius 3 is 2.61 bits per heavy atom. The summed E-state index contributed by atoms with van der Waals surface area (Å²) in [4.78, 5) is 40.7. The summed E-state index contributed by atoms with van der Waals surface area (Å²) in [6.07, 6.45) is 1.61. The SMILES string of the molecule is Cc1cc(-c2sc(CC(=O)N3CCC[C@H]3C(N)=O)nc2C)nc(C(C)(C)C)n1. The second-order valence-corrected chi connectivity index (χ2v) is 9.40. The Labute approximate surface area is 169 Å². The number of likely N-dealkylation sites (tertiary alicyclic amines) is 1. The molecule has 2 aromatic rings. The molecule has 0 spiro atoms. The molecular weight excluding hydrogens is 374 g/mol. The predicted octanol–water partition coefficient (Wildman–Crippen LogP) is 2.53. The molecule has 1 aliphatic rings. The van der Waals surface area contributed by atoms with Crippen molar-refractivity contribution >= 4 is 23.2 Å². The van der Waals surface area contributed by atoms with E-state index in [0.29, 0.717) is 13.0 Å². The highest BCUT2D eigenvalue weighted by molar-refractivity contribution is 7.15. The molecule has 150 valence electrons. The average molecular weight is 402 g/mol. The van der Waals surface area contributed by atoms with Crippen LogP contribution >= 0.6 is 11.3 Å². The Bertz CT molecular complexity index is 916. The summed E-state index contributed by atoms with van der Waals surface area (Å²) in [6, 6.07) is 1.46. The number of thiazole rings is 1. The number of carbonyl (C=O) groups excluding carboxylic acids is 2. The van der Waals surface area contributed by atoms with Gasteiger partial charge in [-0.25, -0.2) is 15.0 Å². The van der Waals surface area contributed by atoms with Crippen molar-refractivity contribution in [2.75, 3.05) is 6.54 Å². The van der Waals surface area contributed by atoms with Gasteiger partial charge in [0, 0.05) is 17.7 Å². The normalized spacial score (nSPS) is 17.2. The minimum atomic E-state index is -0.494. The van der Waals surface area contributed by atoms with Crippen molar-refractivity contribution in [3.63, 3.8) is 0 Å². The molecule has 2 amide bonds. The minimum absolute atomic E-state index is 0.101. The summed E-state index contributed by atoms with van der Waals surface area (Å²) >= 11 is 1.47. The molecule has 0 radical (unpaired) electrons. The molecule has 0 aliphatic carbocycles. The van der Waals surface area contributed by atoms with E-state index in [1.54, 1.807) is 4.90 Å². The molecule has 3 rings (SSSR count). The van der Waals surface area contributed by atoms with Crippen LogP contribution in [0, 0.1) is 13.8 Å². The van der Waals surface area contributed by atoms with Crippen LogP contribution in [0.4, 0.5) is 0 Å². The maximum absolute atomic E-state index is 12.7. The van der Waals surface area contributed by atoms with Gasteiger partial charge in [-0.1, -0.05) is 20.8 Å². The van der Waals surface area contributed by atoms with Gasteiger partial charge in [-0.05, 0) is 32.8 Å². The quantitative estimate of drug-likeness (QED) is 0.848. The lowest BCUT2D eigenvalue weighted by molar-refractivity contribution is -0.136. The molecule has 0 saturated carbocycles. The van der Waals surface area contributed by atoms with Gasteiger partial charge in [0.05, 0.1) is 22.7 Å². The second kappa shape index (κ2) is 7.58. The molecule has 3 heterocycles. The molecule has 7 nitrogen and oxygen atoms in total. The van der Waals surface area contributed by atoms with Crippen molar-refractivity contribution in [2.24, 2.45) is 5.73 Å². The molecule has 2 aromatic heterocycles. The molecular formula is C20H27N5O2S. The summed E-state index contributed by atoms with van der Waals surface area (Å²) in [7, 11) is 0. The summed E-state index contributed by atoms with van der Waals surface area (Å²) in [6.45, 7) is 10.7. The highest BCUT2D eigenvalue weighted by Crippen LogP contribution is 2.31. The van der Waals surface area contributed by atoms with Crippen LogP contribution in [0.5, 0.6) is 0 Å². The largest absolute Gasteiger partial charge is 0.368 e. The van der Waals surface area contributed by atoms with Gasteiger partial charge >= 0.3 is 0 Å². The van der Waals surface area contributed by atoms with Gasteiger partial charge in [-0.3, -0.25) is 9.59 Å². The summed E-state index contributed by atoms with van der Waals surface area (Å²) in [5.74, 6) is 0.248. The fraction of sp³-hybridized carbons (Fsp3) is 0.550. The Hall–Kier alpha value is -2.35. The monoisotopic (exact) mass is 401 g/mol. The third kappa shape index (κ3) is 4.22. The van der Waals surface area contributed by atoms with Crippen LogP contribution in [-0.4, -0.2) is 44.3 Å². The lowest BCUT2D eigenvalue weighted by Crippen LogP contribution is -2.44. The van der Waals surface area contributed by atoms with E-state index in [2.05, 4.69) is 30.7 Å². The Morgan fingerprint density at radius 2 is 1.96 bits per heavy atom. The number of primary amides is 1. The number of carbonyl (C=O) groups is 2. The van der Waals surface area contributed by atoms with Gasteiger partial charge in [0.15, 0.2) is 0 Å². The smallest absolute Gasteiger partial charge is 0.240 e. The van der Waals surface area contributed by atoms with Gasteiger partial charge in [0.25, 0.3) is 0 Å². The average Bonchev–Trinajstić information content (AvgIpc) is 3.20. The molecule has 1 aliphatic heterocycles. The molecule has 1 saturated heterocycles. The van der Waals surface area contributed by atoms with Crippen LogP contribution in [0.1, 0.15) is 55.8 Å². The molecule has 8 heteroatoms. The van der Waals surface area contributed by atoms with E-state index in [4.69, 9.17) is 10.7 Å². The first kappa shape index (κ1) is 20.4. The van der Waals surface area contributed by atoms with Crippen molar-refractivity contribution < 1.29 is 9.59 Å². The Balaban J connectivity index is 1.85. The van der Waals surface area contributed by atoms with Crippen LogP contribution in [-0.2, 0) is 21.4 Å². The highest BCUT2D eigenvalue weighted by atomic mass is 32.1. The van der Waals surface area contributed by atoms with Crippen LogP contribution in [0.2, 0.25) is 0 Å². The zero-order chi connectivity index (χ0) is 20.6. The summed E-state index contributed by atoms with van der Waals surface area (Å²) < 4.78 is 0. The third-order valence-electron chi connectivity index (χ3n) is 4.80. The molecule has 28 heavy (non-hydrogen) atoms. The van der Waals surface area contributed by atoms with Crippen molar-refractivity contribution in [1.82, 2.24) is 19.9 Å². The molecule has 1 atom stereocenters. The zero-order valence-electron chi connectivity index (χ0n) is 17.1. The molecule has 0 unspecified atom stereocenters. The van der Waals surface area contributed by atoms with Crippen LogP contribution < -0.4 is 5.73 Å². The minimum Gasteiger partial charge on any atom is -0.368 e. The van der Waals surface area contributed by atoms with Crippen LogP contribution in [0.3, 0.4) is 0 Å². The third-order valence-corrected chi connectivity index (χ3v) is 5.98. The molecule has 2 N–H and O–H groups in total. The Kier molecular flexibility index (Phi) is 5.52. The topological polar surface area (TPSA) is 102 Å². The van der Waals surface area contributed by atoms with E-state index in [-0.39, 0.29) is 17.7 Å². The number of aromatic nitrogens is 3. The van der Waals surface area contributed by atoms with Crippen LogP contribution in [0.25, 0.3) is 10.6 Å². The number of hydrogen-bond acceptors (Lipinski definition) is 6. The van der Waals surface area contributed by atoms with Gasteiger partial charge in [-0.2, -0.15) is 0 Å². The second-order valence-electron chi connectivity index (χ2n) is 8.31. The number of hydrogen-bond donors (Lipinski definition) is 1. The lowest BCUT2D eigenvalue weighted by atomic mass is 9.95. The van der Waals surface area contributed by atoms with Gasteiger partial charge in [-0.15, -0.1) is 11.3 Å². The van der Waals surface area contributed by atoms with Crippen molar-refractivity contribution in [2.45, 2.75) is 65.3 Å². The lowest BCUT2D eigenvalue weighted by Gasteiger charge is -2.21. The van der Waals surface area contributed by atoms with Gasteiger partial charge in [0.2, 0.25) is 11.8 Å². The Morgan fingerprint density at radius 1 is 1.25 bits per heavy atom. The molecule has 1 fully saturated rings. The fourth-order valence-electron chi connectivity index (χ4n) is 3.38. The van der Waals surface area contributed by atoms with Crippen molar-refractivity contribution in [1.29, 1.82) is 0 Å².